The van der Waals surface area contributed by atoms with Gasteiger partial charge >= 0.3 is 6.18 Å². The van der Waals surface area contributed by atoms with Crippen molar-refractivity contribution in [2.45, 2.75) is 32.1 Å². The molecule has 0 saturated carbocycles. The van der Waals surface area contributed by atoms with Crippen molar-refractivity contribution in [1.29, 1.82) is 0 Å². The number of hydrogen-bond donors (Lipinski definition) is 1. The minimum Gasteiger partial charge on any atom is -0.315 e. The molecular weight excluding hydrogens is 253 g/mol. The van der Waals surface area contributed by atoms with E-state index in [9.17, 15) is 13.2 Å². The predicted molar refractivity (Wildman–Crippen MR) is 68.9 cm³/mol. The Morgan fingerprint density at radius 1 is 1.37 bits per heavy atom. The smallest absolute Gasteiger partial charge is 0.315 e. The number of likely N-dealkylation sites (N-methyl/N-ethyl adjacent to an activating group) is 1. The highest BCUT2D eigenvalue weighted by atomic mass is 19.4. The third-order valence-corrected chi connectivity index (χ3v) is 3.75. The number of alkyl halides is 3. The summed E-state index contributed by atoms with van der Waals surface area (Å²) in [6.45, 7) is 4.40. The second kappa shape index (κ2) is 5.51. The van der Waals surface area contributed by atoms with Crippen LogP contribution in [0.4, 0.5) is 13.2 Å². The van der Waals surface area contributed by atoms with Crippen LogP contribution in [-0.4, -0.2) is 31.1 Å². The number of hydrogen-bond acceptors (Lipinski definition) is 2. The van der Waals surface area contributed by atoms with Crippen molar-refractivity contribution in [3.8, 4) is 0 Å². The van der Waals surface area contributed by atoms with Crippen molar-refractivity contribution in [3.05, 3.63) is 34.9 Å². The summed E-state index contributed by atoms with van der Waals surface area (Å²) in [6, 6.07) is 4.47. The van der Waals surface area contributed by atoms with Crippen LogP contribution in [0.5, 0.6) is 0 Å². The summed E-state index contributed by atoms with van der Waals surface area (Å²) >= 11 is 0. The van der Waals surface area contributed by atoms with E-state index in [1.165, 1.54) is 12.1 Å². The zero-order chi connectivity index (χ0) is 14.0. The van der Waals surface area contributed by atoms with Gasteiger partial charge in [-0.3, -0.25) is 4.90 Å². The molecular formula is C14H19F3N2. The topological polar surface area (TPSA) is 15.3 Å². The van der Waals surface area contributed by atoms with Gasteiger partial charge in [0.2, 0.25) is 0 Å². The highest BCUT2D eigenvalue weighted by Crippen LogP contribution is 2.30. The summed E-state index contributed by atoms with van der Waals surface area (Å²) in [7, 11) is 2.02. The molecule has 19 heavy (non-hydrogen) atoms. The van der Waals surface area contributed by atoms with Gasteiger partial charge in [-0.05, 0) is 50.2 Å². The molecule has 0 amide bonds. The molecule has 1 heterocycles. The molecule has 1 atom stereocenters. The Kier molecular flexibility index (Phi) is 4.16. The van der Waals surface area contributed by atoms with Gasteiger partial charge in [0.25, 0.3) is 0 Å². The van der Waals surface area contributed by atoms with E-state index in [1.54, 1.807) is 13.0 Å². The Balaban J connectivity index is 2.08. The number of nitrogens with zero attached hydrogens (tertiary/aromatic N) is 1. The van der Waals surface area contributed by atoms with Crippen LogP contribution in [-0.2, 0) is 12.7 Å². The highest BCUT2D eigenvalue weighted by molar-refractivity contribution is 5.32. The summed E-state index contributed by atoms with van der Waals surface area (Å²) in [5.41, 5.74) is 1.09. The minimum atomic E-state index is -4.26. The van der Waals surface area contributed by atoms with E-state index in [1.807, 2.05) is 7.05 Å². The first kappa shape index (κ1) is 14.3. The monoisotopic (exact) mass is 272 g/mol. The van der Waals surface area contributed by atoms with Gasteiger partial charge in [-0.25, -0.2) is 0 Å². The van der Waals surface area contributed by atoms with Crippen LogP contribution in [0.3, 0.4) is 0 Å². The molecule has 106 valence electrons. The van der Waals surface area contributed by atoms with Crippen LogP contribution in [0.2, 0.25) is 0 Å². The SMILES string of the molecule is Cc1cc(C(F)(F)F)ccc1CN(C)C1CCNC1. The van der Waals surface area contributed by atoms with Gasteiger partial charge in [0, 0.05) is 19.1 Å². The molecule has 1 aliphatic rings. The first-order valence-corrected chi connectivity index (χ1v) is 6.45. The number of benzene rings is 1. The maximum absolute atomic E-state index is 12.6. The van der Waals surface area contributed by atoms with E-state index in [0.29, 0.717) is 18.2 Å². The average Bonchev–Trinajstić information content (AvgIpc) is 2.84. The first-order valence-electron chi connectivity index (χ1n) is 6.45. The van der Waals surface area contributed by atoms with Gasteiger partial charge in [0.15, 0.2) is 0 Å². The lowest BCUT2D eigenvalue weighted by Crippen LogP contribution is -2.33. The molecule has 5 heteroatoms. The molecule has 1 saturated heterocycles. The molecule has 2 rings (SSSR count). The molecule has 0 bridgehead atoms. The van der Waals surface area contributed by atoms with Gasteiger partial charge in [-0.2, -0.15) is 13.2 Å². The molecule has 1 unspecified atom stereocenters. The second-order valence-corrected chi connectivity index (χ2v) is 5.20. The molecule has 1 aliphatic heterocycles. The normalized spacial score (nSPS) is 20.2. The summed E-state index contributed by atoms with van der Waals surface area (Å²) in [4.78, 5) is 2.20. The van der Waals surface area contributed by atoms with Crippen molar-refractivity contribution >= 4 is 0 Å². The molecule has 1 N–H and O–H groups in total. The van der Waals surface area contributed by atoms with E-state index in [-0.39, 0.29) is 0 Å². The fourth-order valence-corrected chi connectivity index (χ4v) is 2.46. The van der Waals surface area contributed by atoms with Gasteiger partial charge in [0.05, 0.1) is 5.56 Å². The molecule has 1 aromatic carbocycles. The molecule has 1 aromatic rings. The zero-order valence-corrected chi connectivity index (χ0v) is 11.2. The van der Waals surface area contributed by atoms with Gasteiger partial charge in [-0.15, -0.1) is 0 Å². The zero-order valence-electron chi connectivity index (χ0n) is 11.2. The predicted octanol–water partition coefficient (Wildman–Crippen LogP) is 2.81. The third kappa shape index (κ3) is 3.48. The van der Waals surface area contributed by atoms with E-state index in [2.05, 4.69) is 10.2 Å². The largest absolute Gasteiger partial charge is 0.416 e. The molecule has 0 aromatic heterocycles. The van der Waals surface area contributed by atoms with Crippen LogP contribution in [0.15, 0.2) is 18.2 Å². The quantitative estimate of drug-likeness (QED) is 0.910. The lowest BCUT2D eigenvalue weighted by Gasteiger charge is -2.24. The van der Waals surface area contributed by atoms with Crippen LogP contribution in [0, 0.1) is 6.92 Å². The molecule has 0 aliphatic carbocycles. The molecule has 0 spiro atoms. The number of halogens is 3. The van der Waals surface area contributed by atoms with Crippen molar-refractivity contribution < 1.29 is 13.2 Å². The lowest BCUT2D eigenvalue weighted by atomic mass is 10.0. The molecule has 1 fully saturated rings. The molecule has 2 nitrogen and oxygen atoms in total. The number of rotatable bonds is 3. The van der Waals surface area contributed by atoms with E-state index < -0.39 is 11.7 Å². The van der Waals surface area contributed by atoms with Crippen molar-refractivity contribution in [2.24, 2.45) is 0 Å². The maximum atomic E-state index is 12.6. The highest BCUT2D eigenvalue weighted by Gasteiger charge is 2.30. The summed E-state index contributed by atoms with van der Waals surface area (Å²) in [5.74, 6) is 0. The van der Waals surface area contributed by atoms with Crippen molar-refractivity contribution in [2.75, 3.05) is 20.1 Å². The Labute approximate surface area is 111 Å². The fraction of sp³-hybridized carbons (Fsp3) is 0.571. The van der Waals surface area contributed by atoms with Gasteiger partial charge in [-0.1, -0.05) is 6.07 Å². The Morgan fingerprint density at radius 2 is 2.11 bits per heavy atom. The summed E-state index contributed by atoms with van der Waals surface area (Å²) < 4.78 is 37.8. The van der Waals surface area contributed by atoms with Crippen LogP contribution < -0.4 is 5.32 Å². The van der Waals surface area contributed by atoms with Gasteiger partial charge in [0.1, 0.15) is 0 Å². The third-order valence-electron chi connectivity index (χ3n) is 3.75. The van der Waals surface area contributed by atoms with Crippen molar-refractivity contribution in [1.82, 2.24) is 10.2 Å². The van der Waals surface area contributed by atoms with Gasteiger partial charge < -0.3 is 5.32 Å². The van der Waals surface area contributed by atoms with Crippen LogP contribution in [0.1, 0.15) is 23.1 Å². The van der Waals surface area contributed by atoms with Crippen LogP contribution in [0.25, 0.3) is 0 Å². The maximum Gasteiger partial charge on any atom is 0.416 e. The average molecular weight is 272 g/mol. The standard InChI is InChI=1S/C14H19F3N2/c1-10-7-12(14(15,16)17)4-3-11(10)9-19(2)13-5-6-18-8-13/h3-4,7,13,18H,5-6,8-9H2,1-2H3. The Hall–Kier alpha value is -1.07. The second-order valence-electron chi connectivity index (χ2n) is 5.20. The molecule has 0 radical (unpaired) electrons. The van der Waals surface area contributed by atoms with E-state index in [4.69, 9.17) is 0 Å². The Morgan fingerprint density at radius 3 is 2.63 bits per heavy atom. The fourth-order valence-electron chi connectivity index (χ4n) is 2.46. The van der Waals surface area contributed by atoms with Crippen LogP contribution >= 0.6 is 0 Å². The number of aryl methyl sites for hydroxylation is 1. The van der Waals surface area contributed by atoms with Crippen molar-refractivity contribution in [3.63, 3.8) is 0 Å². The lowest BCUT2D eigenvalue weighted by molar-refractivity contribution is -0.137. The summed E-state index contributed by atoms with van der Waals surface area (Å²) in [5, 5.41) is 3.29. The Bertz CT molecular complexity index is 437. The number of nitrogens with one attached hydrogen (secondary N) is 1. The minimum absolute atomic E-state index is 0.474. The first-order chi connectivity index (χ1) is 8.88. The summed E-state index contributed by atoms with van der Waals surface area (Å²) in [6.07, 6.45) is -3.17. The van der Waals surface area contributed by atoms with E-state index >= 15 is 0 Å². The van der Waals surface area contributed by atoms with E-state index in [0.717, 1.165) is 25.1 Å².